The van der Waals surface area contributed by atoms with Crippen LogP contribution in [0.1, 0.15) is 57.6 Å². The zero-order valence-corrected chi connectivity index (χ0v) is 14.8. The number of urea groups is 1. The van der Waals surface area contributed by atoms with Crippen LogP contribution in [0.2, 0.25) is 0 Å². The maximum absolute atomic E-state index is 11.9. The normalized spacial score (nSPS) is 18.8. The van der Waals surface area contributed by atoms with E-state index in [9.17, 15) is 9.90 Å². The average molecular weight is 333 g/mol. The molecule has 2 rings (SSSR count). The largest absolute Gasteiger partial charge is 0.393 e. The predicted molar refractivity (Wildman–Crippen MR) is 96.9 cm³/mol. The summed E-state index contributed by atoms with van der Waals surface area (Å²) in [6.45, 7) is 5.02. The summed E-state index contributed by atoms with van der Waals surface area (Å²) >= 11 is 0. The molecule has 2 amide bonds. The molecule has 1 aliphatic rings. The van der Waals surface area contributed by atoms with E-state index in [0.717, 1.165) is 12.8 Å². The average Bonchev–Trinajstić information content (AvgIpc) is 3.02. The van der Waals surface area contributed by atoms with Crippen LogP contribution in [0.4, 0.5) is 4.79 Å². The Morgan fingerprint density at radius 3 is 2.46 bits per heavy atom. The zero-order valence-electron chi connectivity index (χ0n) is 14.8. The van der Waals surface area contributed by atoms with E-state index in [1.807, 2.05) is 6.07 Å². The monoisotopic (exact) mass is 333 g/mol. The van der Waals surface area contributed by atoms with E-state index >= 15 is 0 Å². The van der Waals surface area contributed by atoms with Crippen molar-refractivity contribution in [2.45, 2.75) is 63.6 Å². The molecule has 0 aromatic heterocycles. The molecule has 24 heavy (non-hydrogen) atoms. The van der Waals surface area contributed by atoms with Gasteiger partial charge >= 0.3 is 6.03 Å². The molecular weight excluding hydrogens is 302 g/mol. The van der Waals surface area contributed by atoms with E-state index in [-0.39, 0.29) is 23.7 Å². The summed E-state index contributed by atoms with van der Waals surface area (Å²) in [6, 6.07) is 10.5. The Labute approximate surface area is 145 Å². The van der Waals surface area contributed by atoms with Crippen molar-refractivity contribution in [3.8, 4) is 0 Å². The number of carbonyl (C=O) groups is 1. The zero-order chi connectivity index (χ0) is 17.4. The molecule has 1 fully saturated rings. The molecule has 0 heterocycles. The van der Waals surface area contributed by atoms with Crippen molar-refractivity contribution in [1.82, 2.24) is 16.0 Å². The lowest BCUT2D eigenvalue weighted by atomic mass is 9.94. The number of aliphatic hydroxyl groups excluding tert-OH is 1. The smallest absolute Gasteiger partial charge is 0.314 e. The van der Waals surface area contributed by atoms with Crippen molar-refractivity contribution in [3.05, 3.63) is 35.9 Å². The van der Waals surface area contributed by atoms with Gasteiger partial charge in [-0.1, -0.05) is 43.2 Å². The quantitative estimate of drug-likeness (QED) is 0.591. The summed E-state index contributed by atoms with van der Waals surface area (Å²) in [5.41, 5.74) is 1.24. The van der Waals surface area contributed by atoms with Crippen molar-refractivity contribution < 1.29 is 9.90 Å². The lowest BCUT2D eigenvalue weighted by Crippen LogP contribution is -2.54. The van der Waals surface area contributed by atoms with Gasteiger partial charge in [0, 0.05) is 24.7 Å². The van der Waals surface area contributed by atoms with Gasteiger partial charge in [-0.05, 0) is 38.7 Å². The molecular formula is C19H31N3O2. The molecule has 1 aromatic carbocycles. The predicted octanol–water partition coefficient (Wildman–Crippen LogP) is 2.72. The molecule has 1 aliphatic carbocycles. The van der Waals surface area contributed by atoms with Gasteiger partial charge in [0.05, 0.1) is 6.10 Å². The van der Waals surface area contributed by atoms with Gasteiger partial charge in [0.25, 0.3) is 0 Å². The molecule has 0 saturated heterocycles. The van der Waals surface area contributed by atoms with Crippen molar-refractivity contribution in [2.75, 3.05) is 13.1 Å². The Morgan fingerprint density at radius 1 is 1.17 bits per heavy atom. The lowest BCUT2D eigenvalue weighted by Gasteiger charge is -2.34. The van der Waals surface area contributed by atoms with Crippen LogP contribution in [0.3, 0.4) is 0 Å². The van der Waals surface area contributed by atoms with Crippen LogP contribution in [0.25, 0.3) is 0 Å². The highest BCUT2D eigenvalue weighted by Gasteiger charge is 2.35. The van der Waals surface area contributed by atoms with E-state index in [1.54, 1.807) is 6.92 Å². The fourth-order valence-corrected chi connectivity index (χ4v) is 3.41. The summed E-state index contributed by atoms with van der Waals surface area (Å²) < 4.78 is 0. The minimum Gasteiger partial charge on any atom is -0.393 e. The molecule has 5 nitrogen and oxygen atoms in total. The van der Waals surface area contributed by atoms with Gasteiger partial charge in [-0.15, -0.1) is 0 Å². The number of hydrogen-bond acceptors (Lipinski definition) is 3. The minimum atomic E-state index is -0.389. The van der Waals surface area contributed by atoms with Crippen molar-refractivity contribution >= 4 is 6.03 Å². The first kappa shape index (κ1) is 18.7. The Kier molecular flexibility index (Phi) is 7.06. The van der Waals surface area contributed by atoms with Gasteiger partial charge in [0.15, 0.2) is 0 Å². The van der Waals surface area contributed by atoms with Crippen LogP contribution in [0, 0.1) is 0 Å². The van der Waals surface area contributed by atoms with Gasteiger partial charge in [-0.2, -0.15) is 0 Å². The number of nitrogens with one attached hydrogen (secondary N) is 3. The van der Waals surface area contributed by atoms with E-state index in [2.05, 4.69) is 47.1 Å². The fraction of sp³-hybridized carbons (Fsp3) is 0.632. The van der Waals surface area contributed by atoms with Crippen molar-refractivity contribution in [2.24, 2.45) is 0 Å². The third-order valence-corrected chi connectivity index (χ3v) is 4.82. The van der Waals surface area contributed by atoms with Crippen LogP contribution < -0.4 is 16.0 Å². The molecule has 0 spiro atoms. The van der Waals surface area contributed by atoms with Gasteiger partial charge in [0.2, 0.25) is 0 Å². The van der Waals surface area contributed by atoms with Crippen molar-refractivity contribution in [1.29, 1.82) is 0 Å². The minimum absolute atomic E-state index is 0.0309. The Hall–Kier alpha value is -1.59. The summed E-state index contributed by atoms with van der Waals surface area (Å²) in [6.07, 6.45) is 4.73. The number of carbonyl (C=O) groups excluding carboxylic acids is 1. The number of rotatable bonds is 8. The molecule has 134 valence electrons. The molecule has 0 aliphatic heterocycles. The first-order chi connectivity index (χ1) is 11.5. The fourth-order valence-electron chi connectivity index (χ4n) is 3.41. The van der Waals surface area contributed by atoms with Gasteiger partial charge in [0.1, 0.15) is 0 Å². The number of benzene rings is 1. The summed E-state index contributed by atoms with van der Waals surface area (Å²) in [5.74, 6) is 0. The van der Waals surface area contributed by atoms with E-state index in [4.69, 9.17) is 0 Å². The maximum atomic E-state index is 11.9. The van der Waals surface area contributed by atoms with Crippen LogP contribution in [0.5, 0.6) is 0 Å². The second-order valence-electron chi connectivity index (χ2n) is 7.01. The van der Waals surface area contributed by atoms with E-state index in [0.29, 0.717) is 19.5 Å². The topological polar surface area (TPSA) is 73.4 Å². The first-order valence-corrected chi connectivity index (χ1v) is 9.03. The summed E-state index contributed by atoms with van der Waals surface area (Å²) in [7, 11) is 0. The van der Waals surface area contributed by atoms with Gasteiger partial charge in [-0.25, -0.2) is 4.79 Å². The summed E-state index contributed by atoms with van der Waals surface area (Å²) in [5, 5.41) is 18.8. The Morgan fingerprint density at radius 2 is 1.83 bits per heavy atom. The van der Waals surface area contributed by atoms with Crippen LogP contribution >= 0.6 is 0 Å². The molecule has 2 unspecified atom stereocenters. The highest BCUT2D eigenvalue weighted by atomic mass is 16.3. The lowest BCUT2D eigenvalue weighted by molar-refractivity contribution is 0.183. The molecule has 1 saturated carbocycles. The number of amides is 2. The Bertz CT molecular complexity index is 499. The van der Waals surface area contributed by atoms with Crippen LogP contribution in [-0.4, -0.2) is 35.9 Å². The second kappa shape index (κ2) is 9.04. The molecule has 2 atom stereocenters. The van der Waals surface area contributed by atoms with Crippen molar-refractivity contribution in [3.63, 3.8) is 0 Å². The highest BCUT2D eigenvalue weighted by Crippen LogP contribution is 2.31. The van der Waals surface area contributed by atoms with E-state index < -0.39 is 0 Å². The van der Waals surface area contributed by atoms with Crippen LogP contribution in [-0.2, 0) is 0 Å². The molecule has 5 heteroatoms. The van der Waals surface area contributed by atoms with Gasteiger partial charge in [-0.3, -0.25) is 0 Å². The number of hydrogen-bond donors (Lipinski definition) is 4. The van der Waals surface area contributed by atoms with Gasteiger partial charge < -0.3 is 21.1 Å². The molecule has 4 N–H and O–H groups in total. The molecule has 0 radical (unpaired) electrons. The first-order valence-electron chi connectivity index (χ1n) is 9.03. The third-order valence-electron chi connectivity index (χ3n) is 4.82. The van der Waals surface area contributed by atoms with E-state index in [1.165, 1.54) is 18.4 Å². The Balaban J connectivity index is 1.85. The number of aliphatic hydroxyl groups is 1. The SMILES string of the molecule is CC(O)CCNC(=O)NCC1(NC(C)c2ccccc2)CCCC1. The second-order valence-corrected chi connectivity index (χ2v) is 7.01. The third kappa shape index (κ3) is 5.80. The van der Waals surface area contributed by atoms with Crippen LogP contribution in [0.15, 0.2) is 30.3 Å². The molecule has 1 aromatic rings. The summed E-state index contributed by atoms with van der Waals surface area (Å²) in [4.78, 5) is 11.9. The standard InChI is InChI=1S/C19H31N3O2/c1-15(23)10-13-20-18(24)21-14-19(11-6-7-12-19)22-16(2)17-8-4-3-5-9-17/h3-5,8-9,15-16,22-23H,6-7,10-14H2,1-2H3,(H2,20,21,24). The molecule has 0 bridgehead atoms. The highest BCUT2D eigenvalue weighted by molar-refractivity contribution is 5.73. The maximum Gasteiger partial charge on any atom is 0.314 e.